The van der Waals surface area contributed by atoms with Crippen molar-refractivity contribution in [2.75, 3.05) is 13.2 Å². The van der Waals surface area contributed by atoms with Crippen LogP contribution in [0.3, 0.4) is 0 Å². The van der Waals surface area contributed by atoms with Crippen molar-refractivity contribution in [3.05, 3.63) is 35.0 Å². The van der Waals surface area contributed by atoms with Gasteiger partial charge in [0.25, 0.3) is 0 Å². The summed E-state index contributed by atoms with van der Waals surface area (Å²) in [5.74, 6) is 0. The highest BCUT2D eigenvalue weighted by Gasteiger charge is 2.07. The summed E-state index contributed by atoms with van der Waals surface area (Å²) in [6.45, 7) is 2.19. The number of nitrogens with one attached hydrogen (secondary N) is 3. The maximum absolute atomic E-state index is 11.5. The van der Waals surface area contributed by atoms with Crippen LogP contribution in [0.5, 0.6) is 0 Å². The van der Waals surface area contributed by atoms with Crippen molar-refractivity contribution in [1.82, 2.24) is 15.6 Å². The normalized spacial score (nSPS) is 12.3. The fourth-order valence-electron chi connectivity index (χ4n) is 2.00. The van der Waals surface area contributed by atoms with E-state index in [0.29, 0.717) is 11.6 Å². The highest BCUT2D eigenvalue weighted by Crippen LogP contribution is 2.22. The molecule has 0 radical (unpaired) electrons. The van der Waals surface area contributed by atoms with E-state index in [2.05, 4.69) is 15.6 Å². The first kappa shape index (κ1) is 14.7. The molecule has 6 heteroatoms. The van der Waals surface area contributed by atoms with Crippen molar-refractivity contribution in [2.45, 2.75) is 19.4 Å². The SMILES string of the molecule is C[C@@H](CO)NC(=O)NCCc1c[nH]c2cc(Cl)ccc12. The van der Waals surface area contributed by atoms with Crippen molar-refractivity contribution < 1.29 is 9.90 Å². The van der Waals surface area contributed by atoms with Crippen LogP contribution in [-0.4, -0.2) is 35.3 Å². The van der Waals surface area contributed by atoms with Crippen LogP contribution in [0, 0.1) is 0 Å². The van der Waals surface area contributed by atoms with Crippen LogP contribution >= 0.6 is 11.6 Å². The predicted molar refractivity (Wildman–Crippen MR) is 80.1 cm³/mol. The number of amides is 2. The number of aromatic amines is 1. The van der Waals surface area contributed by atoms with Crippen LogP contribution < -0.4 is 10.6 Å². The number of H-pyrrole nitrogens is 1. The van der Waals surface area contributed by atoms with Crippen LogP contribution in [0.15, 0.2) is 24.4 Å². The molecule has 0 fully saturated rings. The molecular formula is C14H18ClN3O2. The van der Waals surface area contributed by atoms with Crippen molar-refractivity contribution in [3.63, 3.8) is 0 Å². The van der Waals surface area contributed by atoms with E-state index in [9.17, 15) is 4.79 Å². The summed E-state index contributed by atoms with van der Waals surface area (Å²) in [4.78, 5) is 14.7. The lowest BCUT2D eigenvalue weighted by atomic mass is 10.1. The van der Waals surface area contributed by atoms with Crippen molar-refractivity contribution >= 4 is 28.5 Å². The Morgan fingerprint density at radius 1 is 1.50 bits per heavy atom. The lowest BCUT2D eigenvalue weighted by molar-refractivity contribution is 0.220. The molecule has 0 aliphatic rings. The van der Waals surface area contributed by atoms with E-state index in [4.69, 9.17) is 16.7 Å². The Hall–Kier alpha value is -1.72. The summed E-state index contributed by atoms with van der Waals surface area (Å²) >= 11 is 5.93. The lowest BCUT2D eigenvalue weighted by Gasteiger charge is -2.11. The Kier molecular flexibility index (Phi) is 4.87. The minimum Gasteiger partial charge on any atom is -0.394 e. The Balaban J connectivity index is 1.88. The summed E-state index contributed by atoms with van der Waals surface area (Å²) < 4.78 is 0. The second-order valence-corrected chi connectivity index (χ2v) is 5.17. The van der Waals surface area contributed by atoms with Gasteiger partial charge in [0, 0.05) is 28.7 Å². The molecule has 2 amide bonds. The van der Waals surface area contributed by atoms with Gasteiger partial charge in [0.05, 0.1) is 12.6 Å². The molecule has 0 bridgehead atoms. The fraction of sp³-hybridized carbons (Fsp3) is 0.357. The zero-order valence-electron chi connectivity index (χ0n) is 11.2. The number of aromatic nitrogens is 1. The number of hydrogen-bond acceptors (Lipinski definition) is 2. The molecule has 0 aliphatic heterocycles. The number of carbonyl (C=O) groups excluding carboxylic acids is 1. The summed E-state index contributed by atoms with van der Waals surface area (Å²) in [5.41, 5.74) is 2.12. The third kappa shape index (κ3) is 3.65. The van der Waals surface area contributed by atoms with Crippen LogP contribution in [0.2, 0.25) is 5.02 Å². The van der Waals surface area contributed by atoms with Gasteiger partial charge in [-0.15, -0.1) is 0 Å². The topological polar surface area (TPSA) is 77.2 Å². The van der Waals surface area contributed by atoms with E-state index < -0.39 is 0 Å². The maximum atomic E-state index is 11.5. The van der Waals surface area contributed by atoms with Gasteiger partial charge < -0.3 is 20.7 Å². The van der Waals surface area contributed by atoms with Crippen molar-refractivity contribution in [2.24, 2.45) is 0 Å². The second-order valence-electron chi connectivity index (χ2n) is 4.74. The number of rotatable bonds is 5. The molecule has 1 atom stereocenters. The van der Waals surface area contributed by atoms with E-state index in [1.807, 2.05) is 24.4 Å². The number of halogens is 1. The number of hydrogen-bond donors (Lipinski definition) is 4. The molecule has 1 heterocycles. The highest BCUT2D eigenvalue weighted by atomic mass is 35.5. The molecule has 5 nitrogen and oxygen atoms in total. The van der Waals surface area contributed by atoms with Gasteiger partial charge in [-0.2, -0.15) is 0 Å². The molecule has 1 aromatic carbocycles. The Morgan fingerprint density at radius 2 is 2.30 bits per heavy atom. The van der Waals surface area contributed by atoms with E-state index in [0.717, 1.165) is 22.9 Å². The molecule has 108 valence electrons. The third-order valence-corrected chi connectivity index (χ3v) is 3.30. The smallest absolute Gasteiger partial charge is 0.315 e. The molecule has 0 saturated heterocycles. The Bertz CT molecular complexity index is 597. The van der Waals surface area contributed by atoms with Crippen LogP contribution in [0.4, 0.5) is 4.79 Å². The first-order valence-corrected chi connectivity index (χ1v) is 6.88. The number of aliphatic hydroxyl groups excluding tert-OH is 1. The van der Waals surface area contributed by atoms with Gasteiger partial charge in [-0.3, -0.25) is 0 Å². The van der Waals surface area contributed by atoms with Crippen LogP contribution in [-0.2, 0) is 6.42 Å². The number of aliphatic hydroxyl groups is 1. The standard InChI is InChI=1S/C14H18ClN3O2/c1-9(8-19)18-14(20)16-5-4-10-7-17-13-6-11(15)2-3-12(10)13/h2-3,6-7,9,17,19H,4-5,8H2,1H3,(H2,16,18,20)/t9-/m0/s1. The molecule has 2 rings (SSSR count). The predicted octanol–water partition coefficient (Wildman–Crippen LogP) is 2.04. The average Bonchev–Trinajstić information content (AvgIpc) is 2.81. The second kappa shape index (κ2) is 6.63. The molecule has 2 aromatic rings. The number of fused-ring (bicyclic) bond motifs is 1. The molecule has 0 aliphatic carbocycles. The van der Waals surface area contributed by atoms with Crippen molar-refractivity contribution in [3.8, 4) is 0 Å². The van der Waals surface area contributed by atoms with Crippen LogP contribution in [0.1, 0.15) is 12.5 Å². The van der Waals surface area contributed by atoms with E-state index in [-0.39, 0.29) is 18.7 Å². The van der Waals surface area contributed by atoms with Gasteiger partial charge in [0.15, 0.2) is 0 Å². The van der Waals surface area contributed by atoms with E-state index in [1.165, 1.54) is 0 Å². The van der Waals surface area contributed by atoms with Crippen LogP contribution in [0.25, 0.3) is 10.9 Å². The number of benzene rings is 1. The average molecular weight is 296 g/mol. The minimum absolute atomic E-state index is 0.0728. The molecule has 0 unspecified atom stereocenters. The van der Waals surface area contributed by atoms with Gasteiger partial charge in [0.2, 0.25) is 0 Å². The molecule has 20 heavy (non-hydrogen) atoms. The summed E-state index contributed by atoms with van der Waals surface area (Å²) in [7, 11) is 0. The number of carbonyl (C=O) groups is 1. The molecule has 0 saturated carbocycles. The lowest BCUT2D eigenvalue weighted by Crippen LogP contribution is -2.42. The van der Waals surface area contributed by atoms with Crippen molar-refractivity contribution in [1.29, 1.82) is 0 Å². The molecule has 0 spiro atoms. The van der Waals surface area contributed by atoms with Gasteiger partial charge in [-0.1, -0.05) is 17.7 Å². The van der Waals surface area contributed by atoms with Gasteiger partial charge in [0.1, 0.15) is 0 Å². The molecule has 4 N–H and O–H groups in total. The first-order valence-electron chi connectivity index (χ1n) is 6.51. The Morgan fingerprint density at radius 3 is 3.05 bits per heavy atom. The monoisotopic (exact) mass is 295 g/mol. The molecule has 1 aromatic heterocycles. The van der Waals surface area contributed by atoms with E-state index >= 15 is 0 Å². The van der Waals surface area contributed by atoms with E-state index in [1.54, 1.807) is 6.92 Å². The molecular weight excluding hydrogens is 278 g/mol. The maximum Gasteiger partial charge on any atom is 0.315 e. The zero-order chi connectivity index (χ0) is 14.5. The summed E-state index contributed by atoms with van der Waals surface area (Å²) in [6, 6.07) is 5.19. The largest absolute Gasteiger partial charge is 0.394 e. The fourth-order valence-corrected chi connectivity index (χ4v) is 2.17. The zero-order valence-corrected chi connectivity index (χ0v) is 12.0. The summed E-state index contributed by atoms with van der Waals surface area (Å²) in [5, 5.41) is 16.0. The number of urea groups is 1. The first-order chi connectivity index (χ1) is 9.60. The summed E-state index contributed by atoms with van der Waals surface area (Å²) in [6.07, 6.45) is 2.65. The van der Waals surface area contributed by atoms with Gasteiger partial charge in [-0.25, -0.2) is 4.79 Å². The minimum atomic E-state index is -0.269. The Labute approximate surface area is 122 Å². The quantitative estimate of drug-likeness (QED) is 0.681. The van der Waals surface area contributed by atoms with Gasteiger partial charge in [-0.05, 0) is 31.0 Å². The van der Waals surface area contributed by atoms with Gasteiger partial charge >= 0.3 is 6.03 Å². The third-order valence-electron chi connectivity index (χ3n) is 3.06. The highest BCUT2D eigenvalue weighted by molar-refractivity contribution is 6.31.